The van der Waals surface area contributed by atoms with Crippen LogP contribution in [0.15, 0.2) is 23.4 Å². The molecule has 0 aromatic carbocycles. The Morgan fingerprint density at radius 2 is 2.20 bits per heavy atom. The van der Waals surface area contributed by atoms with Crippen LogP contribution in [0.3, 0.4) is 0 Å². The maximum atomic E-state index is 12.0. The first-order valence-corrected chi connectivity index (χ1v) is 8.49. The Balaban J connectivity index is 2.26. The van der Waals surface area contributed by atoms with Crippen LogP contribution >= 0.6 is 11.5 Å². The first kappa shape index (κ1) is 14.7. The number of aryl methyl sites for hydroxylation is 1. The van der Waals surface area contributed by atoms with Gasteiger partial charge in [-0.25, -0.2) is 8.42 Å². The summed E-state index contributed by atoms with van der Waals surface area (Å²) in [6, 6.07) is 1.90. The summed E-state index contributed by atoms with van der Waals surface area (Å²) in [6.07, 6.45) is 3.47. The highest BCUT2D eigenvalue weighted by Gasteiger charge is 2.23. The van der Waals surface area contributed by atoms with E-state index < -0.39 is 9.84 Å². The van der Waals surface area contributed by atoms with Crippen molar-refractivity contribution in [2.75, 3.05) is 16.8 Å². The van der Waals surface area contributed by atoms with Gasteiger partial charge < -0.3 is 11.1 Å². The molecule has 0 saturated carbocycles. The zero-order chi connectivity index (χ0) is 14.8. The third kappa shape index (κ3) is 2.91. The average molecular weight is 312 g/mol. The molecule has 8 heteroatoms. The molecule has 2 heterocycles. The molecule has 0 aliphatic rings. The van der Waals surface area contributed by atoms with Crippen molar-refractivity contribution in [2.45, 2.75) is 25.3 Å². The van der Waals surface area contributed by atoms with E-state index in [0.717, 1.165) is 22.7 Å². The molecule has 0 aliphatic heterocycles. The molecule has 6 nitrogen and oxygen atoms in total. The fourth-order valence-corrected chi connectivity index (χ4v) is 3.87. The predicted octanol–water partition coefficient (Wildman–Crippen LogP) is 1.83. The number of sulfone groups is 1. The van der Waals surface area contributed by atoms with Gasteiger partial charge in [-0.3, -0.25) is 4.98 Å². The van der Waals surface area contributed by atoms with Gasteiger partial charge >= 0.3 is 0 Å². The maximum Gasteiger partial charge on any atom is 0.184 e. The molecule has 3 N–H and O–H groups in total. The number of aromatic nitrogens is 2. The Morgan fingerprint density at radius 3 is 2.85 bits per heavy atom. The van der Waals surface area contributed by atoms with Gasteiger partial charge in [0, 0.05) is 18.9 Å². The summed E-state index contributed by atoms with van der Waals surface area (Å²) in [6.45, 7) is 4.04. The van der Waals surface area contributed by atoms with E-state index in [-0.39, 0.29) is 16.5 Å². The van der Waals surface area contributed by atoms with Crippen LogP contribution in [0.5, 0.6) is 0 Å². The molecule has 0 amide bonds. The Morgan fingerprint density at radius 1 is 1.45 bits per heavy atom. The lowest BCUT2D eigenvalue weighted by Gasteiger charge is -2.08. The van der Waals surface area contributed by atoms with Gasteiger partial charge in [-0.2, -0.15) is 4.37 Å². The van der Waals surface area contributed by atoms with Crippen molar-refractivity contribution in [1.29, 1.82) is 0 Å². The van der Waals surface area contributed by atoms with E-state index in [1.54, 1.807) is 19.3 Å². The lowest BCUT2D eigenvalue weighted by molar-refractivity contribution is 0.598. The van der Waals surface area contributed by atoms with Crippen molar-refractivity contribution < 1.29 is 8.42 Å². The van der Waals surface area contributed by atoms with Crippen LogP contribution in [-0.2, 0) is 16.4 Å². The highest BCUT2D eigenvalue weighted by Crippen LogP contribution is 2.32. The minimum absolute atomic E-state index is 0.00376. The SMILES string of the molecule is CCS(=O)(=O)c1c(N)nsc1NCc1cnccc1C. The molecule has 2 aromatic rings. The second-order valence-electron chi connectivity index (χ2n) is 4.29. The molecule has 20 heavy (non-hydrogen) atoms. The Kier molecular flexibility index (Phi) is 4.24. The molecule has 0 atom stereocenters. The minimum atomic E-state index is -3.39. The number of nitrogens with one attached hydrogen (secondary N) is 1. The number of nitrogens with two attached hydrogens (primary N) is 1. The molecule has 0 saturated heterocycles. The largest absolute Gasteiger partial charge is 0.382 e. The van der Waals surface area contributed by atoms with E-state index in [4.69, 9.17) is 5.73 Å². The lowest BCUT2D eigenvalue weighted by Crippen LogP contribution is -2.09. The number of pyridine rings is 1. The smallest absolute Gasteiger partial charge is 0.184 e. The highest BCUT2D eigenvalue weighted by molar-refractivity contribution is 7.91. The summed E-state index contributed by atoms with van der Waals surface area (Å²) in [7, 11) is -3.39. The lowest BCUT2D eigenvalue weighted by atomic mass is 10.2. The normalized spacial score (nSPS) is 11.5. The first-order chi connectivity index (χ1) is 9.45. The second kappa shape index (κ2) is 5.76. The van der Waals surface area contributed by atoms with Gasteiger partial charge in [-0.05, 0) is 35.6 Å². The topological polar surface area (TPSA) is 98.0 Å². The predicted molar refractivity (Wildman–Crippen MR) is 80.6 cm³/mol. The van der Waals surface area contributed by atoms with Crippen LogP contribution in [-0.4, -0.2) is 23.5 Å². The summed E-state index contributed by atoms with van der Waals surface area (Å²) in [5, 5.41) is 3.57. The zero-order valence-electron chi connectivity index (χ0n) is 11.3. The number of hydrogen-bond acceptors (Lipinski definition) is 7. The van der Waals surface area contributed by atoms with Crippen molar-refractivity contribution in [3.63, 3.8) is 0 Å². The van der Waals surface area contributed by atoms with Crippen LogP contribution in [0.2, 0.25) is 0 Å². The fraction of sp³-hybridized carbons (Fsp3) is 0.333. The zero-order valence-corrected chi connectivity index (χ0v) is 12.9. The average Bonchev–Trinajstić information content (AvgIpc) is 2.80. The number of nitrogen functional groups attached to an aromatic ring is 1. The molecule has 0 unspecified atom stereocenters. The first-order valence-electron chi connectivity index (χ1n) is 6.07. The highest BCUT2D eigenvalue weighted by atomic mass is 32.2. The maximum absolute atomic E-state index is 12.0. The minimum Gasteiger partial charge on any atom is -0.382 e. The van der Waals surface area contributed by atoms with Crippen LogP contribution in [0.4, 0.5) is 10.8 Å². The van der Waals surface area contributed by atoms with Gasteiger partial charge in [0.1, 0.15) is 9.90 Å². The van der Waals surface area contributed by atoms with Crippen molar-refractivity contribution >= 4 is 32.2 Å². The van der Waals surface area contributed by atoms with Gasteiger partial charge in [0.15, 0.2) is 15.7 Å². The van der Waals surface area contributed by atoms with E-state index in [9.17, 15) is 8.42 Å². The molecule has 108 valence electrons. The van der Waals surface area contributed by atoms with Gasteiger partial charge in [-0.15, -0.1) is 0 Å². The Labute approximate surface area is 122 Å². The van der Waals surface area contributed by atoms with Gasteiger partial charge in [-0.1, -0.05) is 6.92 Å². The summed E-state index contributed by atoms with van der Waals surface area (Å²) in [5.41, 5.74) is 7.76. The van der Waals surface area contributed by atoms with E-state index >= 15 is 0 Å². The molecule has 0 fully saturated rings. The van der Waals surface area contributed by atoms with Crippen molar-refractivity contribution in [3.8, 4) is 0 Å². The Bertz CT molecular complexity index is 710. The van der Waals surface area contributed by atoms with Crippen LogP contribution in [0.25, 0.3) is 0 Å². The van der Waals surface area contributed by atoms with Crippen LogP contribution in [0.1, 0.15) is 18.1 Å². The summed E-state index contributed by atoms with van der Waals surface area (Å²) in [4.78, 5) is 4.16. The summed E-state index contributed by atoms with van der Waals surface area (Å²) in [5.74, 6) is 0.0539. The van der Waals surface area contributed by atoms with E-state index in [1.807, 2.05) is 13.0 Å². The molecular weight excluding hydrogens is 296 g/mol. The van der Waals surface area contributed by atoms with Crippen LogP contribution in [0, 0.1) is 6.92 Å². The van der Waals surface area contributed by atoms with Crippen molar-refractivity contribution in [2.24, 2.45) is 0 Å². The fourth-order valence-electron chi connectivity index (χ4n) is 1.71. The monoisotopic (exact) mass is 312 g/mol. The number of nitrogens with zero attached hydrogens (tertiary/aromatic N) is 2. The number of rotatable bonds is 5. The number of hydrogen-bond donors (Lipinski definition) is 2. The standard InChI is InChI=1S/C12H16N4O2S2/c1-3-20(17,18)10-11(13)16-19-12(10)15-7-9-6-14-5-4-8(9)2/h4-6,15H,3,7H2,1-2H3,(H2,13,16). The quantitative estimate of drug-likeness (QED) is 0.874. The van der Waals surface area contributed by atoms with Crippen LogP contribution < -0.4 is 11.1 Å². The molecule has 2 rings (SSSR count). The van der Waals surface area contributed by atoms with Gasteiger partial charge in [0.25, 0.3) is 0 Å². The van der Waals surface area contributed by atoms with Gasteiger partial charge in [0.2, 0.25) is 0 Å². The van der Waals surface area contributed by atoms with Crippen molar-refractivity contribution in [3.05, 3.63) is 29.6 Å². The molecule has 0 radical (unpaired) electrons. The summed E-state index contributed by atoms with van der Waals surface area (Å²) < 4.78 is 28.0. The summed E-state index contributed by atoms with van der Waals surface area (Å²) >= 11 is 1.06. The van der Waals surface area contributed by atoms with E-state index in [2.05, 4.69) is 14.7 Å². The van der Waals surface area contributed by atoms with Gasteiger partial charge in [0.05, 0.1) is 5.75 Å². The van der Waals surface area contributed by atoms with E-state index in [1.165, 1.54) is 0 Å². The Hall–Kier alpha value is -1.67. The third-order valence-corrected chi connectivity index (χ3v) is 5.70. The second-order valence-corrected chi connectivity index (χ2v) is 7.27. The molecule has 0 aliphatic carbocycles. The molecule has 0 spiro atoms. The van der Waals surface area contributed by atoms with E-state index in [0.29, 0.717) is 11.5 Å². The number of anilines is 2. The van der Waals surface area contributed by atoms with Crippen molar-refractivity contribution in [1.82, 2.24) is 9.36 Å². The molecule has 2 aromatic heterocycles. The molecular formula is C12H16N4O2S2. The molecule has 0 bridgehead atoms. The third-order valence-electron chi connectivity index (χ3n) is 2.95.